The van der Waals surface area contributed by atoms with E-state index in [4.69, 9.17) is 4.99 Å². The summed E-state index contributed by atoms with van der Waals surface area (Å²) in [4.78, 5) is 4.88. The van der Waals surface area contributed by atoms with Crippen LogP contribution in [0.1, 0.15) is 57.1 Å². The van der Waals surface area contributed by atoms with Crippen LogP contribution in [-0.4, -0.2) is 17.0 Å². The van der Waals surface area contributed by atoms with E-state index < -0.39 is 0 Å². The van der Waals surface area contributed by atoms with Crippen LogP contribution in [0.25, 0.3) is 0 Å². The number of nitrogens with one attached hydrogen (secondary N) is 1. The minimum absolute atomic E-state index is 0.343. The average molecular weight is 302 g/mol. The molecule has 1 unspecified atom stereocenters. The first-order valence-corrected chi connectivity index (χ1v) is 9.35. The van der Waals surface area contributed by atoms with Crippen molar-refractivity contribution < 1.29 is 0 Å². The van der Waals surface area contributed by atoms with E-state index in [0.29, 0.717) is 12.1 Å². The molecule has 0 aromatic heterocycles. The Hall–Kier alpha value is -0.960. The molecule has 2 aliphatic rings. The molecule has 3 heteroatoms. The first-order chi connectivity index (χ1) is 10.3. The fourth-order valence-corrected chi connectivity index (χ4v) is 4.51. The highest BCUT2D eigenvalue weighted by atomic mass is 32.2. The molecule has 1 aliphatic carbocycles. The first-order valence-electron chi connectivity index (χ1n) is 8.37. The molecule has 1 fully saturated rings. The van der Waals surface area contributed by atoms with Gasteiger partial charge >= 0.3 is 0 Å². The molecule has 1 aliphatic heterocycles. The standard InChI is InChI=1S/C18H26N2S/c1-2-6-14-9-11-16(12-10-14)19-18-20-17(13-21-18)15-7-4-3-5-8-15/h3-5,7-8,14,16-17H,2,6,9-13H2,1H3,(H,19,20). The first kappa shape index (κ1) is 15.0. The zero-order valence-electron chi connectivity index (χ0n) is 12.9. The van der Waals surface area contributed by atoms with Gasteiger partial charge in [0.15, 0.2) is 5.17 Å². The number of amidine groups is 1. The Kier molecular flexibility index (Phi) is 5.23. The van der Waals surface area contributed by atoms with E-state index in [9.17, 15) is 0 Å². The SMILES string of the molecule is CCCC1CCC(NC2=NC(c3ccccc3)CS2)CC1. The van der Waals surface area contributed by atoms with E-state index in [1.54, 1.807) is 0 Å². The topological polar surface area (TPSA) is 24.4 Å². The molecule has 3 rings (SSSR count). The van der Waals surface area contributed by atoms with Crippen molar-refractivity contribution in [3.05, 3.63) is 35.9 Å². The molecule has 1 heterocycles. The summed E-state index contributed by atoms with van der Waals surface area (Å²) in [6.07, 6.45) is 8.18. The zero-order chi connectivity index (χ0) is 14.5. The Bertz CT molecular complexity index is 463. The van der Waals surface area contributed by atoms with E-state index in [2.05, 4.69) is 42.6 Å². The normalized spacial score (nSPS) is 29.2. The maximum absolute atomic E-state index is 4.88. The predicted octanol–water partition coefficient (Wildman–Crippen LogP) is 4.78. The van der Waals surface area contributed by atoms with Crippen LogP contribution in [-0.2, 0) is 0 Å². The molecular formula is C18H26N2S. The molecule has 114 valence electrons. The van der Waals surface area contributed by atoms with Crippen LogP contribution in [0, 0.1) is 5.92 Å². The minimum Gasteiger partial charge on any atom is -0.362 e. The second kappa shape index (κ2) is 7.35. The number of benzene rings is 1. The second-order valence-electron chi connectivity index (χ2n) is 6.32. The fraction of sp³-hybridized carbons (Fsp3) is 0.611. The van der Waals surface area contributed by atoms with Gasteiger partial charge in [-0.2, -0.15) is 0 Å². The highest BCUT2D eigenvalue weighted by molar-refractivity contribution is 8.14. The molecule has 21 heavy (non-hydrogen) atoms. The molecular weight excluding hydrogens is 276 g/mol. The molecule has 1 N–H and O–H groups in total. The van der Waals surface area contributed by atoms with Crippen LogP contribution in [0.3, 0.4) is 0 Å². The molecule has 0 radical (unpaired) electrons. The largest absolute Gasteiger partial charge is 0.362 e. The fourth-order valence-electron chi connectivity index (χ4n) is 3.48. The third-order valence-electron chi connectivity index (χ3n) is 4.71. The van der Waals surface area contributed by atoms with Crippen molar-refractivity contribution in [3.8, 4) is 0 Å². The van der Waals surface area contributed by atoms with Gasteiger partial charge in [0.2, 0.25) is 0 Å². The Labute approximate surface area is 132 Å². The Morgan fingerprint density at radius 3 is 2.62 bits per heavy atom. The lowest BCUT2D eigenvalue weighted by atomic mass is 9.83. The molecule has 0 saturated heterocycles. The summed E-state index contributed by atoms with van der Waals surface area (Å²) < 4.78 is 0. The van der Waals surface area contributed by atoms with E-state index in [-0.39, 0.29) is 0 Å². The number of hydrogen-bond donors (Lipinski definition) is 1. The second-order valence-corrected chi connectivity index (χ2v) is 7.33. The van der Waals surface area contributed by atoms with Crippen LogP contribution >= 0.6 is 11.8 Å². The zero-order valence-corrected chi connectivity index (χ0v) is 13.7. The lowest BCUT2D eigenvalue weighted by Crippen LogP contribution is -2.35. The summed E-state index contributed by atoms with van der Waals surface area (Å²) in [6.45, 7) is 2.30. The van der Waals surface area contributed by atoms with Gasteiger partial charge in [0.05, 0.1) is 6.04 Å². The van der Waals surface area contributed by atoms with Crippen LogP contribution < -0.4 is 5.32 Å². The quantitative estimate of drug-likeness (QED) is 0.865. The smallest absolute Gasteiger partial charge is 0.157 e. The molecule has 2 nitrogen and oxygen atoms in total. The minimum atomic E-state index is 0.343. The van der Waals surface area contributed by atoms with Gasteiger partial charge in [-0.15, -0.1) is 0 Å². The Morgan fingerprint density at radius 2 is 1.90 bits per heavy atom. The van der Waals surface area contributed by atoms with E-state index >= 15 is 0 Å². The Balaban J connectivity index is 1.50. The van der Waals surface area contributed by atoms with Crippen LogP contribution in [0.4, 0.5) is 0 Å². The third kappa shape index (κ3) is 4.03. The average Bonchev–Trinajstić information content (AvgIpc) is 2.99. The molecule has 0 spiro atoms. The van der Waals surface area contributed by atoms with Gasteiger partial charge in [-0.3, -0.25) is 4.99 Å². The summed E-state index contributed by atoms with van der Waals surface area (Å²) in [7, 11) is 0. The number of nitrogens with zero attached hydrogens (tertiary/aromatic N) is 1. The maximum Gasteiger partial charge on any atom is 0.157 e. The van der Waals surface area contributed by atoms with Crippen molar-refractivity contribution in [1.82, 2.24) is 5.32 Å². The van der Waals surface area contributed by atoms with Crippen LogP contribution in [0.15, 0.2) is 35.3 Å². The highest BCUT2D eigenvalue weighted by Gasteiger charge is 2.24. The summed E-state index contributed by atoms with van der Waals surface area (Å²) >= 11 is 1.89. The molecule has 1 atom stereocenters. The molecule has 1 aromatic carbocycles. The van der Waals surface area contributed by atoms with Crippen LogP contribution in [0.5, 0.6) is 0 Å². The van der Waals surface area contributed by atoms with Gasteiger partial charge in [-0.05, 0) is 37.2 Å². The van der Waals surface area contributed by atoms with Crippen molar-refractivity contribution in [3.63, 3.8) is 0 Å². The summed E-state index contributed by atoms with van der Waals surface area (Å²) in [5, 5.41) is 4.86. The maximum atomic E-state index is 4.88. The monoisotopic (exact) mass is 302 g/mol. The van der Waals surface area contributed by atoms with E-state index in [0.717, 1.165) is 11.7 Å². The van der Waals surface area contributed by atoms with Crippen molar-refractivity contribution in [1.29, 1.82) is 0 Å². The van der Waals surface area contributed by atoms with Crippen LogP contribution in [0.2, 0.25) is 0 Å². The summed E-state index contributed by atoms with van der Waals surface area (Å²) in [5.41, 5.74) is 1.34. The van der Waals surface area contributed by atoms with Gasteiger partial charge < -0.3 is 5.32 Å². The number of thioether (sulfide) groups is 1. The van der Waals surface area contributed by atoms with Gasteiger partial charge in [0, 0.05) is 11.8 Å². The van der Waals surface area contributed by atoms with Crippen molar-refractivity contribution >= 4 is 16.9 Å². The van der Waals surface area contributed by atoms with Crippen molar-refractivity contribution in [2.24, 2.45) is 10.9 Å². The number of aliphatic imine (C=N–C) groups is 1. The molecule has 0 bridgehead atoms. The Morgan fingerprint density at radius 1 is 1.14 bits per heavy atom. The molecule has 1 saturated carbocycles. The summed E-state index contributed by atoms with van der Waals surface area (Å²) in [5.74, 6) is 2.06. The van der Waals surface area contributed by atoms with Gasteiger partial charge in [-0.25, -0.2) is 0 Å². The van der Waals surface area contributed by atoms with E-state index in [1.807, 2.05) is 11.8 Å². The summed E-state index contributed by atoms with van der Waals surface area (Å²) in [6, 6.07) is 11.7. The van der Waals surface area contributed by atoms with Crippen molar-refractivity contribution in [2.75, 3.05) is 5.75 Å². The lowest BCUT2D eigenvalue weighted by molar-refractivity contribution is 0.296. The van der Waals surface area contributed by atoms with Gasteiger partial charge in [0.1, 0.15) is 0 Å². The van der Waals surface area contributed by atoms with Gasteiger partial charge in [0.25, 0.3) is 0 Å². The molecule has 0 amide bonds. The van der Waals surface area contributed by atoms with E-state index in [1.165, 1.54) is 49.3 Å². The van der Waals surface area contributed by atoms with Gasteiger partial charge in [-0.1, -0.05) is 61.9 Å². The molecule has 1 aromatic rings. The lowest BCUT2D eigenvalue weighted by Gasteiger charge is -2.29. The number of hydrogen-bond acceptors (Lipinski definition) is 3. The predicted molar refractivity (Wildman–Crippen MR) is 92.9 cm³/mol. The highest BCUT2D eigenvalue weighted by Crippen LogP contribution is 2.32. The van der Waals surface area contributed by atoms with Crippen molar-refractivity contribution in [2.45, 2.75) is 57.5 Å². The third-order valence-corrected chi connectivity index (χ3v) is 5.69. The number of rotatable bonds is 4.